The molecule has 5 rings (SSSR count). The quantitative estimate of drug-likeness (QED) is 0.607. The summed E-state index contributed by atoms with van der Waals surface area (Å²) in [4.78, 5) is 27.5. The van der Waals surface area contributed by atoms with Crippen molar-refractivity contribution in [1.82, 2.24) is 20.3 Å². The van der Waals surface area contributed by atoms with E-state index < -0.39 is 6.43 Å². The second-order valence-electron chi connectivity index (χ2n) is 9.22. The average Bonchev–Trinajstić information content (AvgIpc) is 3.14. The van der Waals surface area contributed by atoms with Crippen molar-refractivity contribution >= 4 is 28.4 Å². The second-order valence-corrected chi connectivity index (χ2v) is 9.22. The van der Waals surface area contributed by atoms with Gasteiger partial charge in [0.05, 0.1) is 17.8 Å². The van der Waals surface area contributed by atoms with Crippen LogP contribution in [0, 0.1) is 19.3 Å². The van der Waals surface area contributed by atoms with E-state index in [0.717, 1.165) is 29.9 Å². The van der Waals surface area contributed by atoms with E-state index in [4.69, 9.17) is 0 Å². The largest absolute Gasteiger partial charge is 0.363 e. The van der Waals surface area contributed by atoms with Crippen molar-refractivity contribution in [2.45, 2.75) is 39.7 Å². The first-order valence-corrected chi connectivity index (χ1v) is 11.0. The number of carbonyl (C=O) groups excluding carboxylic acids is 1. The zero-order chi connectivity index (χ0) is 23.3. The molecule has 2 fully saturated rings. The van der Waals surface area contributed by atoms with Crippen LogP contribution in [0.15, 0.2) is 30.5 Å². The fraction of sp³-hybridized carbons (Fsp3) is 0.417. The minimum atomic E-state index is -2.52. The summed E-state index contributed by atoms with van der Waals surface area (Å²) in [7, 11) is 0. The van der Waals surface area contributed by atoms with E-state index in [1.165, 1.54) is 6.07 Å². The highest BCUT2D eigenvalue weighted by Gasteiger charge is 2.48. The topological polar surface area (TPSA) is 83.0 Å². The Labute approximate surface area is 190 Å². The molecule has 0 saturated carbocycles. The van der Waals surface area contributed by atoms with Crippen LogP contribution >= 0.6 is 0 Å². The molecule has 0 aliphatic carbocycles. The third-order valence-electron chi connectivity index (χ3n) is 6.72. The molecule has 33 heavy (non-hydrogen) atoms. The molecular formula is C24H26F2N6O. The van der Waals surface area contributed by atoms with Gasteiger partial charge >= 0.3 is 0 Å². The van der Waals surface area contributed by atoms with Crippen LogP contribution in [-0.4, -0.2) is 40.5 Å². The molecule has 2 aliphatic rings. The molecule has 2 N–H and O–H groups in total. The van der Waals surface area contributed by atoms with Crippen LogP contribution in [0.25, 0.3) is 10.9 Å². The molecule has 2 aromatic heterocycles. The summed E-state index contributed by atoms with van der Waals surface area (Å²) in [5, 5.41) is 7.15. The number of rotatable bonds is 5. The Kier molecular flexibility index (Phi) is 5.14. The monoisotopic (exact) mass is 452 g/mol. The van der Waals surface area contributed by atoms with Gasteiger partial charge in [0.1, 0.15) is 17.5 Å². The maximum atomic E-state index is 13.4. The maximum Gasteiger partial charge on any atom is 0.264 e. The predicted octanol–water partition coefficient (Wildman–Crippen LogP) is 4.08. The summed E-state index contributed by atoms with van der Waals surface area (Å²) in [5.41, 5.74) is 2.14. The van der Waals surface area contributed by atoms with Crippen LogP contribution in [0.3, 0.4) is 0 Å². The Balaban J connectivity index is 1.44. The molecule has 0 bridgehead atoms. The number of carbonyl (C=O) groups is 1. The highest BCUT2D eigenvalue weighted by molar-refractivity contribution is 5.91. The van der Waals surface area contributed by atoms with Gasteiger partial charge < -0.3 is 15.5 Å². The number of halogens is 2. The van der Waals surface area contributed by atoms with Gasteiger partial charge in [-0.2, -0.15) is 0 Å². The third-order valence-corrected chi connectivity index (χ3v) is 6.72. The number of alkyl halides is 2. The van der Waals surface area contributed by atoms with E-state index in [-0.39, 0.29) is 22.9 Å². The van der Waals surface area contributed by atoms with Gasteiger partial charge in [-0.1, -0.05) is 18.2 Å². The number of hydrogen-bond acceptors (Lipinski definition) is 6. The van der Waals surface area contributed by atoms with Gasteiger partial charge in [-0.05, 0) is 38.0 Å². The number of nitrogens with one attached hydrogen (secondary N) is 2. The summed E-state index contributed by atoms with van der Waals surface area (Å²) < 4.78 is 26.7. The first kappa shape index (κ1) is 21.5. The zero-order valence-corrected chi connectivity index (χ0v) is 18.8. The lowest BCUT2D eigenvalue weighted by Crippen LogP contribution is -2.57. The molecule has 1 amide bonds. The lowest BCUT2D eigenvalue weighted by Gasteiger charge is -2.47. The molecule has 2 aliphatic heterocycles. The van der Waals surface area contributed by atoms with Gasteiger partial charge in [-0.25, -0.2) is 23.7 Å². The van der Waals surface area contributed by atoms with Crippen LogP contribution in [0.2, 0.25) is 0 Å². The van der Waals surface area contributed by atoms with E-state index >= 15 is 0 Å². The first-order chi connectivity index (χ1) is 15.7. The van der Waals surface area contributed by atoms with Crippen LogP contribution in [0.4, 0.5) is 20.4 Å². The van der Waals surface area contributed by atoms with E-state index in [9.17, 15) is 13.6 Å². The number of nitrogens with zero attached hydrogens (tertiary/aromatic N) is 4. The van der Waals surface area contributed by atoms with Gasteiger partial charge in [-0.15, -0.1) is 0 Å². The highest BCUT2D eigenvalue weighted by Crippen LogP contribution is 2.40. The SMILES string of the molecule is Cc1nc(N[C@H](C)c2cccc(C(F)F)c2C)c2cc(N3CC4(CNC(=O)C4)C3)ncc2n1. The Morgan fingerprint density at radius 1 is 1.18 bits per heavy atom. The standard InChI is InChI=1S/C24H26F2N6O/c1-13-16(5-4-6-17(13)22(25)26)14(2)29-23-18-7-20(27-9-19(18)30-15(3)31-23)32-11-24(12-32)8-21(33)28-10-24/h4-7,9,14,22H,8,10-12H2,1-3H3,(H,28,33)(H,29,30,31)/t14-/m1/s1. The van der Waals surface area contributed by atoms with E-state index in [1.54, 1.807) is 19.2 Å². The van der Waals surface area contributed by atoms with Crippen LogP contribution < -0.4 is 15.5 Å². The summed E-state index contributed by atoms with van der Waals surface area (Å²) >= 11 is 0. The van der Waals surface area contributed by atoms with Crippen molar-refractivity contribution in [3.05, 3.63) is 53.0 Å². The van der Waals surface area contributed by atoms with Crippen molar-refractivity contribution in [3.63, 3.8) is 0 Å². The molecule has 7 nitrogen and oxygen atoms in total. The Morgan fingerprint density at radius 3 is 2.64 bits per heavy atom. The smallest absolute Gasteiger partial charge is 0.264 e. The molecule has 2 saturated heterocycles. The average molecular weight is 453 g/mol. The highest BCUT2D eigenvalue weighted by atomic mass is 19.3. The molecule has 1 atom stereocenters. The Hall–Kier alpha value is -3.36. The number of anilines is 2. The second kappa shape index (κ2) is 7.90. The van der Waals surface area contributed by atoms with Crippen molar-refractivity contribution in [3.8, 4) is 0 Å². The molecule has 0 unspecified atom stereocenters. The number of fused-ring (bicyclic) bond motifs is 1. The van der Waals surface area contributed by atoms with Crippen molar-refractivity contribution in [2.75, 3.05) is 29.9 Å². The van der Waals surface area contributed by atoms with Gasteiger partial charge in [0.2, 0.25) is 5.91 Å². The fourth-order valence-corrected chi connectivity index (χ4v) is 4.98. The normalized spacial score (nSPS) is 18.0. The van der Waals surface area contributed by atoms with Crippen LogP contribution in [-0.2, 0) is 4.79 Å². The van der Waals surface area contributed by atoms with Gasteiger partial charge in [0, 0.05) is 42.4 Å². The molecule has 172 valence electrons. The number of pyridine rings is 1. The summed E-state index contributed by atoms with van der Waals surface area (Å²) in [5.74, 6) is 2.16. The molecule has 3 aromatic rings. The van der Waals surface area contributed by atoms with Crippen molar-refractivity contribution in [2.24, 2.45) is 5.41 Å². The number of aromatic nitrogens is 3. The number of hydrogen-bond donors (Lipinski definition) is 2. The lowest BCUT2D eigenvalue weighted by atomic mass is 9.79. The molecule has 1 spiro atoms. The maximum absolute atomic E-state index is 13.4. The van der Waals surface area contributed by atoms with Gasteiger partial charge in [-0.3, -0.25) is 4.79 Å². The summed E-state index contributed by atoms with van der Waals surface area (Å²) in [6.07, 6.45) is -0.222. The Morgan fingerprint density at radius 2 is 1.94 bits per heavy atom. The molecule has 9 heteroatoms. The predicted molar refractivity (Wildman–Crippen MR) is 123 cm³/mol. The lowest BCUT2D eigenvalue weighted by molar-refractivity contribution is -0.119. The number of benzene rings is 1. The number of amides is 1. The van der Waals surface area contributed by atoms with Crippen LogP contribution in [0.1, 0.15) is 48.3 Å². The summed E-state index contributed by atoms with van der Waals surface area (Å²) in [6.45, 7) is 7.73. The number of aryl methyl sites for hydroxylation is 1. The van der Waals surface area contributed by atoms with Crippen molar-refractivity contribution < 1.29 is 13.6 Å². The zero-order valence-electron chi connectivity index (χ0n) is 18.8. The Bertz CT molecular complexity index is 1240. The third kappa shape index (κ3) is 3.85. The minimum Gasteiger partial charge on any atom is -0.363 e. The fourth-order valence-electron chi connectivity index (χ4n) is 4.98. The summed E-state index contributed by atoms with van der Waals surface area (Å²) in [6, 6.07) is 6.71. The molecule has 0 radical (unpaired) electrons. The van der Waals surface area contributed by atoms with Crippen molar-refractivity contribution in [1.29, 1.82) is 0 Å². The molecular weight excluding hydrogens is 426 g/mol. The van der Waals surface area contributed by atoms with E-state index in [0.29, 0.717) is 35.7 Å². The van der Waals surface area contributed by atoms with Crippen LogP contribution in [0.5, 0.6) is 0 Å². The molecule has 1 aromatic carbocycles. The van der Waals surface area contributed by atoms with Gasteiger partial charge in [0.25, 0.3) is 6.43 Å². The van der Waals surface area contributed by atoms with E-state index in [1.807, 2.05) is 26.0 Å². The first-order valence-electron chi connectivity index (χ1n) is 11.0. The molecule has 4 heterocycles. The van der Waals surface area contributed by atoms with E-state index in [2.05, 4.69) is 30.5 Å². The minimum absolute atomic E-state index is 0.000332. The van der Waals surface area contributed by atoms with Gasteiger partial charge in [0.15, 0.2) is 0 Å².